The van der Waals surface area contributed by atoms with Crippen LogP contribution in [-0.2, 0) is 23.0 Å². The van der Waals surface area contributed by atoms with Crippen LogP contribution in [0.2, 0.25) is 5.02 Å². The van der Waals surface area contributed by atoms with Gasteiger partial charge in [-0.15, -0.1) is 11.3 Å². The second kappa shape index (κ2) is 6.29. The average Bonchev–Trinajstić information content (AvgIpc) is 2.92. The molecule has 2 heterocycles. The van der Waals surface area contributed by atoms with E-state index in [0.29, 0.717) is 14.9 Å². The van der Waals surface area contributed by atoms with Gasteiger partial charge in [0, 0.05) is 22.0 Å². The number of anilines is 1. The van der Waals surface area contributed by atoms with Gasteiger partial charge in [0.2, 0.25) is 0 Å². The summed E-state index contributed by atoms with van der Waals surface area (Å²) >= 11 is 7.31. The average molecular weight is 393 g/mol. The third kappa shape index (κ3) is 3.15. The van der Waals surface area contributed by atoms with Gasteiger partial charge < -0.3 is 5.32 Å². The normalized spacial score (nSPS) is 14.5. The van der Waals surface area contributed by atoms with E-state index >= 15 is 0 Å². The number of halogens is 1. The molecule has 130 valence electrons. The Balaban J connectivity index is 1.71. The van der Waals surface area contributed by atoms with Gasteiger partial charge in [-0.3, -0.25) is 4.72 Å². The number of nitrogens with one attached hydrogen (secondary N) is 2. The van der Waals surface area contributed by atoms with Gasteiger partial charge in [-0.2, -0.15) is 0 Å². The number of sulfonamides is 1. The Morgan fingerprint density at radius 2 is 2.00 bits per heavy atom. The van der Waals surface area contributed by atoms with Crippen LogP contribution in [0, 0.1) is 6.92 Å². The summed E-state index contributed by atoms with van der Waals surface area (Å²) in [4.78, 5) is 0. The van der Waals surface area contributed by atoms with Gasteiger partial charge in [0.25, 0.3) is 10.0 Å². The fourth-order valence-electron chi connectivity index (χ4n) is 3.17. The number of thiophene rings is 1. The van der Waals surface area contributed by atoms with Crippen LogP contribution in [0.1, 0.15) is 16.7 Å². The van der Waals surface area contributed by atoms with E-state index in [1.54, 1.807) is 6.07 Å². The van der Waals surface area contributed by atoms with Gasteiger partial charge >= 0.3 is 0 Å². The first-order valence-electron chi connectivity index (χ1n) is 7.98. The van der Waals surface area contributed by atoms with E-state index in [2.05, 4.69) is 10.0 Å². The number of aryl methyl sites for hydroxylation is 1. The van der Waals surface area contributed by atoms with Crippen molar-refractivity contribution in [2.75, 3.05) is 11.3 Å². The lowest BCUT2D eigenvalue weighted by Crippen LogP contribution is -2.23. The van der Waals surface area contributed by atoms with Crippen LogP contribution in [0.15, 0.2) is 40.6 Å². The zero-order valence-corrected chi connectivity index (χ0v) is 16.0. The van der Waals surface area contributed by atoms with E-state index in [0.717, 1.165) is 40.7 Å². The predicted octanol–water partition coefficient (Wildman–Crippen LogP) is 4.31. The maximum atomic E-state index is 12.9. The lowest BCUT2D eigenvalue weighted by molar-refractivity contribution is 0.602. The number of hydrogen-bond acceptors (Lipinski definition) is 4. The highest BCUT2D eigenvalue weighted by Gasteiger charge is 2.22. The number of hydrogen-bond donors (Lipinski definition) is 2. The van der Waals surface area contributed by atoms with Crippen molar-refractivity contribution in [1.82, 2.24) is 5.32 Å². The highest BCUT2D eigenvalue weighted by Crippen LogP contribution is 2.36. The standard InChI is InChI=1S/C18H17ClN2O2S2/c1-11-16-9-14(19)3-5-17(16)24-18(11)25(22,23)21-15-4-2-12-6-7-20-10-13(12)8-15/h2-5,8-9,20-21H,6-7,10H2,1H3. The van der Waals surface area contributed by atoms with Crippen LogP contribution < -0.4 is 10.0 Å². The molecule has 1 aliphatic heterocycles. The Labute approximate surface area is 155 Å². The molecule has 0 saturated heterocycles. The largest absolute Gasteiger partial charge is 0.312 e. The van der Waals surface area contributed by atoms with Crippen LogP contribution in [0.4, 0.5) is 5.69 Å². The number of fused-ring (bicyclic) bond motifs is 2. The molecule has 0 saturated carbocycles. The molecule has 2 aromatic carbocycles. The molecule has 4 rings (SSSR count). The topological polar surface area (TPSA) is 58.2 Å². The minimum absolute atomic E-state index is 0.334. The Kier molecular flexibility index (Phi) is 4.24. The summed E-state index contributed by atoms with van der Waals surface area (Å²) in [7, 11) is -3.64. The van der Waals surface area contributed by atoms with Gasteiger partial charge in [-0.05, 0) is 72.3 Å². The van der Waals surface area contributed by atoms with Gasteiger partial charge in [0.1, 0.15) is 4.21 Å². The maximum Gasteiger partial charge on any atom is 0.271 e. The van der Waals surface area contributed by atoms with Crippen molar-refractivity contribution in [1.29, 1.82) is 0 Å². The zero-order valence-electron chi connectivity index (χ0n) is 13.6. The molecular formula is C18H17ClN2O2S2. The van der Waals surface area contributed by atoms with E-state index in [1.165, 1.54) is 16.9 Å². The van der Waals surface area contributed by atoms with E-state index in [9.17, 15) is 8.42 Å². The highest BCUT2D eigenvalue weighted by atomic mass is 35.5. The molecule has 0 aliphatic carbocycles. The van der Waals surface area contributed by atoms with E-state index < -0.39 is 10.0 Å². The van der Waals surface area contributed by atoms with Crippen LogP contribution in [-0.4, -0.2) is 15.0 Å². The first-order valence-corrected chi connectivity index (χ1v) is 10.7. The molecule has 2 N–H and O–H groups in total. The van der Waals surface area contributed by atoms with Crippen molar-refractivity contribution in [2.45, 2.75) is 24.1 Å². The van der Waals surface area contributed by atoms with Gasteiger partial charge in [0.15, 0.2) is 0 Å². The summed E-state index contributed by atoms with van der Waals surface area (Å²) in [5, 5.41) is 4.79. The third-order valence-electron chi connectivity index (χ3n) is 4.44. The summed E-state index contributed by atoms with van der Waals surface area (Å²) < 4.78 is 29.8. The molecule has 1 aliphatic rings. The molecule has 1 aromatic heterocycles. The molecule has 25 heavy (non-hydrogen) atoms. The Morgan fingerprint density at radius 3 is 2.84 bits per heavy atom. The minimum Gasteiger partial charge on any atom is -0.312 e. The minimum atomic E-state index is -3.64. The molecule has 0 amide bonds. The molecular weight excluding hydrogens is 376 g/mol. The maximum absolute atomic E-state index is 12.9. The summed E-state index contributed by atoms with van der Waals surface area (Å²) in [6.45, 7) is 3.55. The smallest absolute Gasteiger partial charge is 0.271 e. The lowest BCUT2D eigenvalue weighted by Gasteiger charge is -2.18. The molecule has 0 fully saturated rings. The predicted molar refractivity (Wildman–Crippen MR) is 104 cm³/mol. The first kappa shape index (κ1) is 16.8. The SMILES string of the molecule is Cc1c(S(=O)(=O)Nc2ccc3c(c2)CNCC3)sc2ccc(Cl)cc12. The van der Waals surface area contributed by atoms with E-state index in [1.807, 2.05) is 37.3 Å². The summed E-state index contributed by atoms with van der Waals surface area (Å²) in [5.41, 5.74) is 3.74. The zero-order chi connectivity index (χ0) is 17.6. The van der Waals surface area contributed by atoms with Crippen molar-refractivity contribution < 1.29 is 8.42 Å². The van der Waals surface area contributed by atoms with Crippen LogP contribution in [0.3, 0.4) is 0 Å². The summed E-state index contributed by atoms with van der Waals surface area (Å²) in [5.74, 6) is 0. The third-order valence-corrected chi connectivity index (χ3v) is 7.95. The molecule has 4 nitrogen and oxygen atoms in total. The van der Waals surface area contributed by atoms with Crippen LogP contribution in [0.25, 0.3) is 10.1 Å². The second-order valence-electron chi connectivity index (χ2n) is 6.17. The van der Waals surface area contributed by atoms with Crippen molar-refractivity contribution in [3.8, 4) is 0 Å². The summed E-state index contributed by atoms with van der Waals surface area (Å²) in [6.07, 6.45) is 0.971. The van der Waals surface area contributed by atoms with E-state index in [4.69, 9.17) is 11.6 Å². The van der Waals surface area contributed by atoms with Crippen LogP contribution >= 0.6 is 22.9 Å². The highest BCUT2D eigenvalue weighted by molar-refractivity contribution is 7.94. The fourth-order valence-corrected chi connectivity index (χ4v) is 6.14. The monoisotopic (exact) mass is 392 g/mol. The fraction of sp³-hybridized carbons (Fsp3) is 0.222. The van der Waals surface area contributed by atoms with Gasteiger partial charge in [0.05, 0.1) is 0 Å². The molecule has 0 radical (unpaired) electrons. The molecule has 3 aromatic rings. The number of rotatable bonds is 3. The van der Waals surface area contributed by atoms with Crippen molar-refractivity contribution >= 4 is 48.7 Å². The lowest BCUT2D eigenvalue weighted by atomic mass is 10.0. The Morgan fingerprint density at radius 1 is 1.16 bits per heavy atom. The Bertz CT molecular complexity index is 1070. The Hall–Kier alpha value is -1.60. The second-order valence-corrected chi connectivity index (χ2v) is 9.54. The first-order chi connectivity index (χ1) is 11.9. The molecule has 0 spiro atoms. The van der Waals surface area contributed by atoms with Gasteiger partial charge in [-0.25, -0.2) is 8.42 Å². The molecule has 0 bridgehead atoms. The number of benzene rings is 2. The van der Waals surface area contributed by atoms with Crippen molar-refractivity contribution in [3.05, 3.63) is 58.1 Å². The van der Waals surface area contributed by atoms with E-state index in [-0.39, 0.29) is 0 Å². The van der Waals surface area contributed by atoms with Gasteiger partial charge in [-0.1, -0.05) is 17.7 Å². The molecule has 0 unspecified atom stereocenters. The summed E-state index contributed by atoms with van der Waals surface area (Å²) in [6, 6.07) is 11.2. The van der Waals surface area contributed by atoms with Crippen molar-refractivity contribution in [2.24, 2.45) is 0 Å². The van der Waals surface area contributed by atoms with Crippen LogP contribution in [0.5, 0.6) is 0 Å². The molecule has 7 heteroatoms. The molecule has 0 atom stereocenters. The van der Waals surface area contributed by atoms with Crippen molar-refractivity contribution in [3.63, 3.8) is 0 Å². The quantitative estimate of drug-likeness (QED) is 0.698.